The van der Waals surface area contributed by atoms with Crippen molar-refractivity contribution in [2.75, 3.05) is 18.9 Å². The number of anilines is 1. The number of amides is 1. The fourth-order valence-corrected chi connectivity index (χ4v) is 2.18. The van der Waals surface area contributed by atoms with E-state index in [1.54, 1.807) is 30.5 Å². The van der Waals surface area contributed by atoms with E-state index >= 15 is 0 Å². The zero-order chi connectivity index (χ0) is 16.7. The second kappa shape index (κ2) is 9.85. The van der Waals surface area contributed by atoms with Crippen LogP contribution in [0.3, 0.4) is 0 Å². The Morgan fingerprint density at radius 2 is 1.92 bits per heavy atom. The fraction of sp³-hybridized carbons (Fsp3) is 0.294. The lowest BCUT2D eigenvalue weighted by molar-refractivity contribution is -0.116. The van der Waals surface area contributed by atoms with Crippen LogP contribution < -0.4 is 16.2 Å². The Kier molecular flexibility index (Phi) is 8.15. The van der Waals surface area contributed by atoms with E-state index in [2.05, 4.69) is 10.6 Å². The van der Waals surface area contributed by atoms with Crippen molar-refractivity contribution in [3.8, 4) is 0 Å². The van der Waals surface area contributed by atoms with Crippen molar-refractivity contribution in [3.05, 3.63) is 64.3 Å². The molecule has 1 heterocycles. The van der Waals surface area contributed by atoms with E-state index in [0.717, 1.165) is 12.1 Å². The summed E-state index contributed by atoms with van der Waals surface area (Å²) in [4.78, 5) is 24.2. The molecule has 24 heavy (non-hydrogen) atoms. The smallest absolute Gasteiger partial charge is 0.274 e. The number of nitrogens with zero attached hydrogens (tertiary/aromatic N) is 1. The van der Waals surface area contributed by atoms with Crippen LogP contribution in [-0.2, 0) is 11.3 Å². The van der Waals surface area contributed by atoms with Crippen LogP contribution in [0.2, 0.25) is 0 Å². The summed E-state index contributed by atoms with van der Waals surface area (Å²) in [5.41, 5.74) is 0.786. The second-order valence-corrected chi connectivity index (χ2v) is 5.24. The van der Waals surface area contributed by atoms with Gasteiger partial charge in [0.05, 0.1) is 6.54 Å². The molecule has 0 aliphatic carbocycles. The summed E-state index contributed by atoms with van der Waals surface area (Å²) < 4.78 is 14.4. The molecule has 1 aromatic carbocycles. The SMILES string of the molecule is CNCCCC(=O)Nc1cccn(Cc2ccc(F)cc2)c1=O.Cl. The minimum Gasteiger partial charge on any atom is -0.321 e. The molecule has 2 N–H and O–H groups in total. The fourth-order valence-electron chi connectivity index (χ4n) is 2.18. The van der Waals surface area contributed by atoms with Crippen molar-refractivity contribution >= 4 is 24.0 Å². The van der Waals surface area contributed by atoms with Gasteiger partial charge in [-0.1, -0.05) is 12.1 Å². The van der Waals surface area contributed by atoms with E-state index in [0.29, 0.717) is 19.4 Å². The Hall–Kier alpha value is -2.18. The van der Waals surface area contributed by atoms with Gasteiger partial charge in [-0.2, -0.15) is 0 Å². The van der Waals surface area contributed by atoms with Gasteiger partial charge >= 0.3 is 0 Å². The number of aromatic nitrogens is 1. The molecule has 2 aromatic rings. The highest BCUT2D eigenvalue weighted by Gasteiger charge is 2.08. The average Bonchev–Trinajstić information content (AvgIpc) is 2.53. The minimum absolute atomic E-state index is 0. The van der Waals surface area contributed by atoms with Gasteiger partial charge in [0.25, 0.3) is 5.56 Å². The first-order chi connectivity index (χ1) is 11.1. The Labute approximate surface area is 146 Å². The van der Waals surface area contributed by atoms with Gasteiger partial charge in [-0.15, -0.1) is 12.4 Å². The molecule has 5 nitrogen and oxygen atoms in total. The molecular formula is C17H21ClFN3O2. The van der Waals surface area contributed by atoms with E-state index in [1.807, 2.05) is 7.05 Å². The van der Waals surface area contributed by atoms with Crippen LogP contribution in [0.1, 0.15) is 18.4 Å². The monoisotopic (exact) mass is 353 g/mol. The van der Waals surface area contributed by atoms with Crippen molar-refractivity contribution in [1.29, 1.82) is 0 Å². The first kappa shape index (κ1) is 19.9. The number of hydrogen-bond acceptors (Lipinski definition) is 3. The van der Waals surface area contributed by atoms with E-state index in [1.165, 1.54) is 16.7 Å². The zero-order valence-corrected chi connectivity index (χ0v) is 14.2. The van der Waals surface area contributed by atoms with E-state index in [-0.39, 0.29) is 35.4 Å². The van der Waals surface area contributed by atoms with Crippen LogP contribution in [-0.4, -0.2) is 24.1 Å². The standard InChI is InChI=1S/C17H20FN3O2.ClH/c1-19-10-2-5-16(22)20-15-4-3-11-21(17(15)23)12-13-6-8-14(18)9-7-13;/h3-4,6-9,11,19H,2,5,10,12H2,1H3,(H,20,22);1H. The molecular weight excluding hydrogens is 333 g/mol. The number of pyridine rings is 1. The molecule has 0 saturated carbocycles. The highest BCUT2D eigenvalue weighted by atomic mass is 35.5. The Morgan fingerprint density at radius 3 is 2.58 bits per heavy atom. The van der Waals surface area contributed by atoms with Gasteiger partial charge in [0, 0.05) is 12.6 Å². The van der Waals surface area contributed by atoms with Gasteiger partial charge in [-0.25, -0.2) is 4.39 Å². The zero-order valence-electron chi connectivity index (χ0n) is 13.4. The first-order valence-corrected chi connectivity index (χ1v) is 7.48. The summed E-state index contributed by atoms with van der Waals surface area (Å²) in [7, 11) is 1.82. The van der Waals surface area contributed by atoms with E-state index < -0.39 is 0 Å². The van der Waals surface area contributed by atoms with Gasteiger partial charge in [0.1, 0.15) is 11.5 Å². The molecule has 1 aromatic heterocycles. The molecule has 0 spiro atoms. The third-order valence-corrected chi connectivity index (χ3v) is 3.39. The largest absolute Gasteiger partial charge is 0.321 e. The molecule has 0 aliphatic rings. The molecule has 7 heteroatoms. The lowest BCUT2D eigenvalue weighted by Crippen LogP contribution is -2.26. The van der Waals surface area contributed by atoms with Gasteiger partial charge in [0.2, 0.25) is 5.91 Å². The summed E-state index contributed by atoms with van der Waals surface area (Å²) in [6.45, 7) is 1.07. The maximum atomic E-state index is 12.9. The van der Waals surface area contributed by atoms with Crippen LogP contribution >= 0.6 is 12.4 Å². The number of carbonyl (C=O) groups excluding carboxylic acids is 1. The lowest BCUT2D eigenvalue weighted by Gasteiger charge is -2.09. The number of rotatable bonds is 7. The third kappa shape index (κ3) is 5.79. The van der Waals surface area contributed by atoms with E-state index in [4.69, 9.17) is 0 Å². The predicted molar refractivity (Wildman–Crippen MR) is 95.2 cm³/mol. The highest BCUT2D eigenvalue weighted by molar-refractivity contribution is 5.90. The predicted octanol–water partition coefficient (Wildman–Crippen LogP) is 2.40. The Bertz CT molecular complexity index is 717. The molecule has 0 atom stereocenters. The van der Waals surface area contributed by atoms with Gasteiger partial charge < -0.3 is 15.2 Å². The number of carbonyl (C=O) groups is 1. The molecule has 0 aliphatic heterocycles. The number of hydrogen-bond donors (Lipinski definition) is 2. The highest BCUT2D eigenvalue weighted by Crippen LogP contribution is 2.06. The number of nitrogens with one attached hydrogen (secondary N) is 2. The summed E-state index contributed by atoms with van der Waals surface area (Å²) >= 11 is 0. The normalized spacial score (nSPS) is 10.1. The van der Waals surface area contributed by atoms with Gasteiger partial charge in [-0.3, -0.25) is 9.59 Å². The maximum absolute atomic E-state index is 12.9. The number of benzene rings is 1. The van der Waals surface area contributed by atoms with Crippen molar-refractivity contribution < 1.29 is 9.18 Å². The second-order valence-electron chi connectivity index (χ2n) is 5.24. The quantitative estimate of drug-likeness (QED) is 0.751. The van der Waals surface area contributed by atoms with E-state index in [9.17, 15) is 14.0 Å². The first-order valence-electron chi connectivity index (χ1n) is 7.48. The van der Waals surface area contributed by atoms with Gasteiger partial charge in [-0.05, 0) is 49.8 Å². The Balaban J connectivity index is 0.00000288. The van der Waals surface area contributed by atoms with Crippen LogP contribution in [0.15, 0.2) is 47.4 Å². The summed E-state index contributed by atoms with van der Waals surface area (Å²) in [6, 6.07) is 9.25. The van der Waals surface area contributed by atoms with Crippen LogP contribution in [0, 0.1) is 5.82 Å². The third-order valence-electron chi connectivity index (χ3n) is 3.39. The maximum Gasteiger partial charge on any atom is 0.274 e. The van der Waals surface area contributed by atoms with Crippen LogP contribution in [0.5, 0.6) is 0 Å². The summed E-state index contributed by atoms with van der Waals surface area (Å²) in [5.74, 6) is -0.499. The van der Waals surface area contributed by atoms with Crippen LogP contribution in [0.4, 0.5) is 10.1 Å². The Morgan fingerprint density at radius 1 is 1.21 bits per heavy atom. The summed E-state index contributed by atoms with van der Waals surface area (Å²) in [6.07, 6.45) is 2.70. The molecule has 0 saturated heterocycles. The van der Waals surface area contributed by atoms with Crippen LogP contribution in [0.25, 0.3) is 0 Å². The average molecular weight is 354 g/mol. The molecule has 130 valence electrons. The number of halogens is 2. The molecule has 0 unspecified atom stereocenters. The molecule has 0 fully saturated rings. The minimum atomic E-state index is -0.316. The van der Waals surface area contributed by atoms with Crippen molar-refractivity contribution in [2.24, 2.45) is 0 Å². The molecule has 2 rings (SSSR count). The molecule has 0 bridgehead atoms. The topological polar surface area (TPSA) is 63.1 Å². The van der Waals surface area contributed by atoms with Crippen molar-refractivity contribution in [2.45, 2.75) is 19.4 Å². The van der Waals surface area contributed by atoms with Crippen molar-refractivity contribution in [3.63, 3.8) is 0 Å². The molecule has 1 amide bonds. The van der Waals surface area contributed by atoms with Gasteiger partial charge in [0.15, 0.2) is 0 Å². The summed E-state index contributed by atoms with van der Waals surface area (Å²) in [5, 5.41) is 5.61. The van der Waals surface area contributed by atoms with Crippen molar-refractivity contribution in [1.82, 2.24) is 9.88 Å². The lowest BCUT2D eigenvalue weighted by atomic mass is 10.2. The molecule has 0 radical (unpaired) electrons.